The molecule has 12 rings (SSSR count). The highest BCUT2D eigenvalue weighted by Crippen LogP contribution is 2.34. The Morgan fingerprint density at radius 1 is 0.392 bits per heavy atom. The zero-order chi connectivity index (χ0) is 91.5. The Balaban J connectivity index is 0.000000189. The number of benzene rings is 5. The summed E-state index contributed by atoms with van der Waals surface area (Å²) >= 11 is 36.1. The molecule has 4 N–H and O–H groups in total. The number of ketones is 2. The maximum absolute atomic E-state index is 13.1. The second kappa shape index (κ2) is 42.8. The number of amides is 2. The lowest BCUT2D eigenvalue weighted by Crippen LogP contribution is -2.29. The van der Waals surface area contributed by atoms with E-state index in [0.29, 0.717) is 46.3 Å². The average Bonchev–Trinajstić information content (AvgIpc) is 0.805. The Labute approximate surface area is 754 Å². The molecule has 654 valence electrons. The number of rotatable bonds is 28. The highest BCUT2D eigenvalue weighted by atomic mass is 35.5. The smallest absolute Gasteiger partial charge is 0.278 e. The molecule has 7 aromatic heterocycles. The summed E-state index contributed by atoms with van der Waals surface area (Å²) in [5, 5.41) is 1.19. The van der Waals surface area contributed by atoms with Crippen molar-refractivity contribution < 1.29 is 71.8 Å². The van der Waals surface area contributed by atoms with Crippen molar-refractivity contribution in [1.82, 2.24) is 34.9 Å². The topological polar surface area (TPSA) is 387 Å². The first-order chi connectivity index (χ1) is 58.9. The molecule has 29 nitrogen and oxygen atoms in total. The lowest BCUT2D eigenvalue weighted by Gasteiger charge is -2.21. The number of hydrogen-bond donors (Lipinski definition) is 4. The number of para-hydroxylation sites is 2. The van der Waals surface area contributed by atoms with Crippen molar-refractivity contribution in [2.75, 3.05) is 49.4 Å². The third-order valence-corrected chi connectivity index (χ3v) is 23.7. The van der Waals surface area contributed by atoms with Gasteiger partial charge in [0.1, 0.15) is 32.9 Å². The third-order valence-electron chi connectivity index (χ3n) is 16.9. The van der Waals surface area contributed by atoms with Gasteiger partial charge in [0.15, 0.2) is 11.4 Å². The summed E-state index contributed by atoms with van der Waals surface area (Å²) in [6, 6.07) is 48.3. The summed E-state index contributed by atoms with van der Waals surface area (Å²) in [5.41, 5.74) is 1.81. The van der Waals surface area contributed by atoms with E-state index >= 15 is 0 Å². The zero-order valence-corrected chi connectivity index (χ0v) is 76.6. The molecule has 125 heavy (non-hydrogen) atoms. The first-order valence-corrected chi connectivity index (χ1v) is 45.8. The van der Waals surface area contributed by atoms with Crippen LogP contribution in [0, 0.1) is 0 Å². The Bertz CT molecular complexity index is 6340. The molecular formula is C86H83Cl6N13O16S4. The summed E-state index contributed by atoms with van der Waals surface area (Å²) in [7, 11) is -13.0. The number of hydrogen-bond acceptors (Lipinski definition) is 23. The van der Waals surface area contributed by atoms with Gasteiger partial charge in [0.2, 0.25) is 23.3 Å². The molecule has 0 radical (unpaired) electrons. The van der Waals surface area contributed by atoms with Crippen LogP contribution < -0.4 is 47.6 Å². The SMILES string of the molecule is CC(C)Oc1ccc(S(=O)(=O)Nc2cc(Cl)cnc2C(=O)N(C)c2ccccc2)cc1.CC(C)Oc1ccc(S(=O)(=O)Nc2cc(Cl)cnc2C(=O)c2ccnc(Cl)c2)cn1.CCOc1ccc(C(=O)c2ncc(Cl)cc2NS(=O)(=O)c2ccc(OC(C)C)cc2)cn1.CN(C(=O)c1ncc(Cl)cc1NS(=O)(=O)c1ccc(C(C)(C)C)cc1)c1ccccc1Cl. The first kappa shape index (κ1) is 97.2. The lowest BCUT2D eigenvalue weighted by molar-refractivity contribution is 0.0981. The van der Waals surface area contributed by atoms with Gasteiger partial charge in [0.05, 0.1) is 99.4 Å². The van der Waals surface area contributed by atoms with Gasteiger partial charge in [-0.1, -0.05) is 133 Å². The van der Waals surface area contributed by atoms with Gasteiger partial charge >= 0.3 is 0 Å². The number of nitrogens with zero attached hydrogens (tertiary/aromatic N) is 9. The molecule has 5 aromatic carbocycles. The van der Waals surface area contributed by atoms with Crippen LogP contribution in [0.4, 0.5) is 34.1 Å². The second-order valence-electron chi connectivity index (χ2n) is 28.5. The molecule has 0 aliphatic carbocycles. The van der Waals surface area contributed by atoms with Crippen LogP contribution in [0.25, 0.3) is 0 Å². The molecule has 0 atom stereocenters. The first-order valence-electron chi connectivity index (χ1n) is 37.6. The summed E-state index contributed by atoms with van der Waals surface area (Å²) in [5.74, 6) is -0.335. The molecule has 7 heterocycles. The molecule has 39 heteroatoms. The van der Waals surface area contributed by atoms with E-state index in [9.17, 15) is 52.8 Å². The van der Waals surface area contributed by atoms with Crippen molar-refractivity contribution in [1.29, 1.82) is 0 Å². The van der Waals surface area contributed by atoms with Crippen LogP contribution in [-0.4, -0.2) is 131 Å². The highest BCUT2D eigenvalue weighted by molar-refractivity contribution is 7.93. The van der Waals surface area contributed by atoms with Crippen LogP contribution in [0.1, 0.15) is 128 Å². The van der Waals surface area contributed by atoms with Gasteiger partial charge in [-0.05, 0) is 193 Å². The zero-order valence-electron chi connectivity index (χ0n) is 68.8. The number of carbonyl (C=O) groups is 4. The Morgan fingerprint density at radius 2 is 0.776 bits per heavy atom. The fraction of sp³-hybridized carbons (Fsp3) is 0.198. The van der Waals surface area contributed by atoms with Crippen molar-refractivity contribution in [2.45, 2.75) is 113 Å². The number of sulfonamides is 4. The van der Waals surface area contributed by atoms with Gasteiger partial charge in [-0.25, -0.2) is 68.6 Å². The van der Waals surface area contributed by atoms with Crippen molar-refractivity contribution in [2.24, 2.45) is 0 Å². The molecule has 12 aromatic rings. The predicted octanol–water partition coefficient (Wildman–Crippen LogP) is 18.7. The monoisotopic (exact) mass is 1890 g/mol. The van der Waals surface area contributed by atoms with E-state index in [0.717, 1.165) is 11.8 Å². The summed E-state index contributed by atoms with van der Waals surface area (Å²) in [6.07, 6.45) is 8.77. The van der Waals surface area contributed by atoms with Gasteiger partial charge in [-0.3, -0.25) is 38.1 Å². The van der Waals surface area contributed by atoms with Gasteiger partial charge < -0.3 is 28.7 Å². The average molecular weight is 1900 g/mol. The number of pyridine rings is 7. The maximum atomic E-state index is 13.1. The molecule has 0 unspecified atom stereocenters. The normalized spacial score (nSPS) is 11.4. The van der Waals surface area contributed by atoms with E-state index < -0.39 is 63.5 Å². The summed E-state index contributed by atoms with van der Waals surface area (Å²) in [4.78, 5) is 82.7. The quantitative estimate of drug-likeness (QED) is 0.0261. The number of nitrogens with one attached hydrogen (secondary N) is 4. The van der Waals surface area contributed by atoms with Gasteiger partial charge in [-0.2, -0.15) is 0 Å². The highest BCUT2D eigenvalue weighted by Gasteiger charge is 2.30. The minimum absolute atomic E-state index is 0.00489. The molecule has 0 aliphatic rings. The summed E-state index contributed by atoms with van der Waals surface area (Å²) < 4.78 is 135. The van der Waals surface area contributed by atoms with Crippen molar-refractivity contribution >= 4 is 167 Å². The minimum atomic E-state index is -4.08. The van der Waals surface area contributed by atoms with Crippen molar-refractivity contribution in [3.63, 3.8) is 0 Å². The van der Waals surface area contributed by atoms with E-state index in [4.69, 9.17) is 88.6 Å². The van der Waals surface area contributed by atoms with E-state index in [1.54, 1.807) is 98.0 Å². The van der Waals surface area contributed by atoms with E-state index in [2.05, 4.69) is 53.8 Å². The Kier molecular flexibility index (Phi) is 33.3. The number of aromatic nitrogens is 7. The summed E-state index contributed by atoms with van der Waals surface area (Å²) in [6.45, 7) is 19.5. The lowest BCUT2D eigenvalue weighted by atomic mass is 9.87. The number of ether oxygens (including phenoxy) is 4. The van der Waals surface area contributed by atoms with Crippen LogP contribution in [0.2, 0.25) is 30.3 Å². The molecular weight excluding hydrogens is 1810 g/mol. The Morgan fingerprint density at radius 3 is 1.18 bits per heavy atom. The molecule has 0 fully saturated rings. The fourth-order valence-corrected chi connectivity index (χ4v) is 16.2. The van der Waals surface area contributed by atoms with Crippen LogP contribution >= 0.6 is 69.6 Å². The predicted molar refractivity (Wildman–Crippen MR) is 485 cm³/mol. The molecule has 0 saturated carbocycles. The van der Waals surface area contributed by atoms with Gasteiger partial charge in [0.25, 0.3) is 51.9 Å². The van der Waals surface area contributed by atoms with Gasteiger partial charge in [-0.15, -0.1) is 0 Å². The maximum Gasteiger partial charge on any atom is 0.278 e. The van der Waals surface area contributed by atoms with Crippen LogP contribution in [0.5, 0.6) is 23.3 Å². The number of anilines is 6. The molecule has 0 bridgehead atoms. The molecule has 0 spiro atoms. The van der Waals surface area contributed by atoms with E-state index in [1.165, 1.54) is 145 Å². The fourth-order valence-electron chi connectivity index (χ4n) is 11.0. The van der Waals surface area contributed by atoms with Crippen molar-refractivity contribution in [3.8, 4) is 23.3 Å². The van der Waals surface area contributed by atoms with Crippen LogP contribution in [0.3, 0.4) is 0 Å². The largest absolute Gasteiger partial charge is 0.491 e. The van der Waals surface area contributed by atoms with E-state index in [1.807, 2.05) is 75.3 Å². The molecule has 2 amide bonds. The third kappa shape index (κ3) is 27.2. The number of halogens is 6. The molecule has 0 saturated heterocycles. The number of carbonyl (C=O) groups excluding carboxylic acids is 4. The van der Waals surface area contributed by atoms with Crippen LogP contribution in [-0.2, 0) is 45.5 Å². The minimum Gasteiger partial charge on any atom is -0.491 e. The standard InChI is InChI=1S/C23H23Cl2N3O3S.C22H22ClN3O5S.C22H22ClN3O4S.C19H16Cl2N4O4S/c1-23(2,3)15-9-11-17(12-10-15)32(30,31)27-19-13-16(24)14-26-21(19)22(29)28(4)20-8-6-5-7-18(20)25;1-4-30-20-10-5-15(12-24-20)22(27)21-19(11-16(23)13-25-21)26-32(28,29)18-8-6-17(7-9-18)31-14(2)3;1-15(2)30-18-9-11-19(12-10-18)31(28,29)25-20-13-16(23)14-24-21(20)22(27)26(3)17-7-5-4-6-8-17;1-11(2)29-17-4-3-14(10-23-17)30(27,28)25-15-8-13(20)9-24-18(15)19(26)12-5-6-22-16(21)7-12/h5-14,27H,1-4H3;5-14,26H,4H2,1-3H3;4-15,25H,1-3H3;3-11,25H,1-2H3. The van der Waals surface area contributed by atoms with Gasteiger partial charge in [0, 0.05) is 80.2 Å². The van der Waals surface area contributed by atoms with E-state index in [-0.39, 0.29) is 125 Å². The molecule has 0 aliphatic heterocycles. The van der Waals surface area contributed by atoms with Crippen LogP contribution in [0.15, 0.2) is 251 Å². The second-order valence-corrected chi connectivity index (χ2v) is 37.8. The van der Waals surface area contributed by atoms with Crippen molar-refractivity contribution in [3.05, 3.63) is 301 Å². The Hall–Kier alpha value is -11.6.